The van der Waals surface area contributed by atoms with E-state index in [9.17, 15) is 23.5 Å². The molecule has 0 aromatic carbocycles. The van der Waals surface area contributed by atoms with Crippen LogP contribution in [0.2, 0.25) is 0 Å². The number of hydrogen-bond donors (Lipinski definition) is 3. The van der Waals surface area contributed by atoms with Crippen LogP contribution in [0, 0.1) is 5.92 Å². The number of amides is 1. The molecule has 128 valence electrons. The normalized spacial score (nSPS) is 26.5. The number of nitrogens with one attached hydrogen (secondary N) is 1. The van der Waals surface area contributed by atoms with Gasteiger partial charge in [0, 0.05) is 12.1 Å². The van der Waals surface area contributed by atoms with Crippen molar-refractivity contribution in [2.75, 3.05) is 11.9 Å². The van der Waals surface area contributed by atoms with Gasteiger partial charge in [0.05, 0.1) is 6.61 Å². The number of alkyl halides is 2. The molecule has 0 bridgehead atoms. The monoisotopic (exact) mass is 333 g/mol. The standard InChI is InChI=1S/C13H17F2N3O5/c1-6(2)10(21)16-8-3-4-18(12(22)17-8)11-13(14,15)9(20)7(5-19)23-11/h3-4,6-7,9,11,19-20H,5H2,1-2H3,(H,16,17,21,22)/t7-,9-,11-/m1/s1. The number of aromatic nitrogens is 2. The summed E-state index contributed by atoms with van der Waals surface area (Å²) in [7, 11) is 0. The minimum absolute atomic E-state index is 0.0782. The van der Waals surface area contributed by atoms with E-state index < -0.39 is 36.7 Å². The summed E-state index contributed by atoms with van der Waals surface area (Å²) in [5.74, 6) is -4.58. The smallest absolute Gasteiger partial charge is 0.351 e. The minimum Gasteiger partial charge on any atom is -0.394 e. The lowest BCUT2D eigenvalue weighted by Gasteiger charge is -2.21. The Morgan fingerprint density at radius 3 is 2.70 bits per heavy atom. The Labute approximate surface area is 129 Å². The summed E-state index contributed by atoms with van der Waals surface area (Å²) in [5.41, 5.74) is -1.08. The first-order valence-corrected chi connectivity index (χ1v) is 6.90. The van der Waals surface area contributed by atoms with Crippen LogP contribution in [-0.4, -0.2) is 50.4 Å². The molecule has 3 N–H and O–H groups in total. The Morgan fingerprint density at radius 2 is 2.22 bits per heavy atom. The first-order chi connectivity index (χ1) is 10.7. The van der Waals surface area contributed by atoms with Crippen LogP contribution in [-0.2, 0) is 9.53 Å². The van der Waals surface area contributed by atoms with Gasteiger partial charge in [-0.3, -0.25) is 9.36 Å². The van der Waals surface area contributed by atoms with E-state index in [1.165, 1.54) is 6.07 Å². The number of aliphatic hydroxyl groups is 2. The molecule has 0 aliphatic carbocycles. The molecule has 1 aromatic rings. The number of aliphatic hydroxyl groups excluding tert-OH is 2. The molecule has 0 unspecified atom stereocenters. The Hall–Kier alpha value is -1.91. The maximum absolute atomic E-state index is 14.0. The average Bonchev–Trinajstić information content (AvgIpc) is 2.70. The molecule has 10 heteroatoms. The molecule has 0 saturated carbocycles. The summed E-state index contributed by atoms with van der Waals surface area (Å²) in [5, 5.41) is 20.7. The minimum atomic E-state index is -3.78. The highest BCUT2D eigenvalue weighted by atomic mass is 19.3. The fourth-order valence-electron chi connectivity index (χ4n) is 2.05. The van der Waals surface area contributed by atoms with Crippen molar-refractivity contribution in [3.63, 3.8) is 0 Å². The van der Waals surface area contributed by atoms with Gasteiger partial charge in [-0.15, -0.1) is 0 Å². The number of ether oxygens (including phenoxy) is 1. The fraction of sp³-hybridized carbons (Fsp3) is 0.615. The van der Waals surface area contributed by atoms with Gasteiger partial charge in [-0.25, -0.2) is 4.79 Å². The van der Waals surface area contributed by atoms with Crippen molar-refractivity contribution in [2.45, 2.75) is 38.2 Å². The number of nitrogens with zero attached hydrogens (tertiary/aromatic N) is 2. The number of carbonyl (C=O) groups is 1. The van der Waals surface area contributed by atoms with Crippen LogP contribution < -0.4 is 11.0 Å². The first-order valence-electron chi connectivity index (χ1n) is 6.90. The van der Waals surface area contributed by atoms with Crippen molar-refractivity contribution < 1.29 is 28.5 Å². The predicted octanol–water partition coefficient (Wildman–Crippen LogP) is -0.276. The third-order valence-electron chi connectivity index (χ3n) is 3.42. The lowest BCUT2D eigenvalue weighted by atomic mass is 10.1. The molecule has 1 aliphatic heterocycles. The van der Waals surface area contributed by atoms with Gasteiger partial charge in [0.1, 0.15) is 11.9 Å². The highest BCUT2D eigenvalue weighted by Gasteiger charge is 2.59. The van der Waals surface area contributed by atoms with Crippen molar-refractivity contribution in [3.05, 3.63) is 22.7 Å². The number of carbonyl (C=O) groups excluding carboxylic acids is 1. The quantitative estimate of drug-likeness (QED) is 0.699. The van der Waals surface area contributed by atoms with Crippen molar-refractivity contribution in [1.82, 2.24) is 9.55 Å². The van der Waals surface area contributed by atoms with Crippen LogP contribution >= 0.6 is 0 Å². The molecule has 3 atom stereocenters. The van der Waals surface area contributed by atoms with Gasteiger partial charge in [0.15, 0.2) is 6.10 Å². The van der Waals surface area contributed by atoms with Gasteiger partial charge in [-0.2, -0.15) is 13.8 Å². The van der Waals surface area contributed by atoms with Crippen LogP contribution in [0.1, 0.15) is 20.1 Å². The van der Waals surface area contributed by atoms with Crippen LogP contribution in [0.25, 0.3) is 0 Å². The van der Waals surface area contributed by atoms with E-state index in [2.05, 4.69) is 10.3 Å². The summed E-state index contributed by atoms with van der Waals surface area (Å²) in [4.78, 5) is 26.9. The number of rotatable bonds is 4. The van der Waals surface area contributed by atoms with Crippen molar-refractivity contribution >= 4 is 11.7 Å². The Morgan fingerprint density at radius 1 is 1.57 bits per heavy atom. The predicted molar refractivity (Wildman–Crippen MR) is 73.9 cm³/mol. The second kappa shape index (κ2) is 6.30. The zero-order valence-corrected chi connectivity index (χ0v) is 12.4. The van der Waals surface area contributed by atoms with Crippen molar-refractivity contribution in [3.8, 4) is 0 Å². The Kier molecular flexibility index (Phi) is 4.78. The second-order valence-electron chi connectivity index (χ2n) is 5.48. The van der Waals surface area contributed by atoms with E-state index in [0.717, 1.165) is 6.20 Å². The summed E-state index contributed by atoms with van der Waals surface area (Å²) in [6.07, 6.45) is -4.87. The second-order valence-corrected chi connectivity index (χ2v) is 5.48. The molecule has 2 heterocycles. The van der Waals surface area contributed by atoms with E-state index in [4.69, 9.17) is 9.84 Å². The van der Waals surface area contributed by atoms with E-state index >= 15 is 0 Å². The Bertz CT molecular complexity index is 649. The summed E-state index contributed by atoms with van der Waals surface area (Å²) < 4.78 is 33.3. The molecule has 8 nitrogen and oxygen atoms in total. The molecular weight excluding hydrogens is 316 g/mol. The van der Waals surface area contributed by atoms with Gasteiger partial charge in [0.2, 0.25) is 12.1 Å². The topological polar surface area (TPSA) is 114 Å². The Balaban J connectivity index is 2.28. The van der Waals surface area contributed by atoms with Gasteiger partial charge in [-0.05, 0) is 6.07 Å². The van der Waals surface area contributed by atoms with E-state index in [1.807, 2.05) is 0 Å². The number of halogens is 2. The molecule has 1 aliphatic rings. The molecule has 1 aromatic heterocycles. The van der Waals surface area contributed by atoms with Crippen LogP contribution in [0.15, 0.2) is 17.1 Å². The van der Waals surface area contributed by atoms with Gasteiger partial charge < -0.3 is 20.3 Å². The molecule has 1 amide bonds. The largest absolute Gasteiger partial charge is 0.394 e. The summed E-state index contributed by atoms with van der Waals surface area (Å²) in [6, 6.07) is 1.17. The molecule has 1 fully saturated rings. The SMILES string of the molecule is CC(C)C(=O)Nc1ccn([C@@H]2O[C@H](CO)[C@@H](O)C2(F)F)c(=O)n1. The number of hydrogen-bond acceptors (Lipinski definition) is 6. The maximum Gasteiger partial charge on any atom is 0.351 e. The molecule has 1 saturated heterocycles. The van der Waals surface area contributed by atoms with Crippen LogP contribution in [0.3, 0.4) is 0 Å². The average molecular weight is 333 g/mol. The molecular formula is C13H17F2N3O5. The third kappa shape index (κ3) is 3.23. The molecule has 2 rings (SSSR count). The zero-order valence-electron chi connectivity index (χ0n) is 12.4. The third-order valence-corrected chi connectivity index (χ3v) is 3.42. The maximum atomic E-state index is 14.0. The molecule has 0 radical (unpaired) electrons. The van der Waals surface area contributed by atoms with Gasteiger partial charge in [-0.1, -0.05) is 13.8 Å². The fourth-order valence-corrected chi connectivity index (χ4v) is 2.05. The summed E-state index contributed by atoms with van der Waals surface area (Å²) in [6.45, 7) is 2.46. The molecule has 0 spiro atoms. The van der Waals surface area contributed by atoms with Gasteiger partial charge in [0.25, 0.3) is 0 Å². The van der Waals surface area contributed by atoms with E-state index in [0.29, 0.717) is 4.57 Å². The van der Waals surface area contributed by atoms with E-state index in [1.54, 1.807) is 13.8 Å². The lowest BCUT2D eigenvalue weighted by Crippen LogP contribution is -2.41. The van der Waals surface area contributed by atoms with Crippen LogP contribution in [0.4, 0.5) is 14.6 Å². The zero-order chi connectivity index (χ0) is 17.4. The highest BCUT2D eigenvalue weighted by molar-refractivity contribution is 5.91. The number of anilines is 1. The van der Waals surface area contributed by atoms with Crippen molar-refractivity contribution in [1.29, 1.82) is 0 Å². The highest BCUT2D eigenvalue weighted by Crippen LogP contribution is 2.41. The van der Waals surface area contributed by atoms with Crippen molar-refractivity contribution in [2.24, 2.45) is 5.92 Å². The van der Waals surface area contributed by atoms with Crippen LogP contribution in [0.5, 0.6) is 0 Å². The lowest BCUT2D eigenvalue weighted by molar-refractivity contribution is -0.141. The summed E-state index contributed by atoms with van der Waals surface area (Å²) >= 11 is 0. The van der Waals surface area contributed by atoms with Gasteiger partial charge >= 0.3 is 11.6 Å². The van der Waals surface area contributed by atoms with E-state index in [-0.39, 0.29) is 17.6 Å². The molecule has 23 heavy (non-hydrogen) atoms. The first kappa shape index (κ1) is 17.4.